The molecule has 106 valence electrons. The largest absolute Gasteiger partial charge is 0.393 e. The highest BCUT2D eigenvalue weighted by atomic mass is 35.5. The minimum absolute atomic E-state index is 0.451. The van der Waals surface area contributed by atoms with Crippen molar-refractivity contribution in [1.29, 1.82) is 0 Å². The van der Waals surface area contributed by atoms with Crippen LogP contribution in [-0.4, -0.2) is 14.4 Å². The third-order valence-electron chi connectivity index (χ3n) is 3.40. The summed E-state index contributed by atoms with van der Waals surface area (Å²) < 4.78 is 2.03. The van der Waals surface area contributed by atoms with Crippen LogP contribution >= 0.6 is 23.8 Å². The van der Waals surface area contributed by atoms with Gasteiger partial charge in [-0.3, -0.25) is 0 Å². The number of nitrogens with two attached hydrogens (primary N) is 1. The van der Waals surface area contributed by atoms with E-state index in [-0.39, 0.29) is 0 Å². The number of imidazole rings is 1. The lowest BCUT2D eigenvalue weighted by atomic mass is 10.1. The molecule has 0 bridgehead atoms. The summed E-state index contributed by atoms with van der Waals surface area (Å²) in [6.07, 6.45) is 2.49. The molecule has 0 aliphatic rings. The molecule has 5 heteroatoms. The first-order valence-corrected chi connectivity index (χ1v) is 7.35. The van der Waals surface area contributed by atoms with E-state index >= 15 is 0 Å². The number of benzene rings is 1. The summed E-state index contributed by atoms with van der Waals surface area (Å²) in [5.41, 5.74) is 10.6. The van der Waals surface area contributed by atoms with Crippen LogP contribution in [0.25, 0.3) is 16.9 Å². The molecule has 0 aliphatic heterocycles. The molecule has 2 N–H and O–H groups in total. The average Bonchev–Trinajstić information content (AvgIpc) is 2.80. The second-order valence-corrected chi connectivity index (χ2v) is 5.87. The first-order chi connectivity index (χ1) is 10.1. The van der Waals surface area contributed by atoms with Crippen LogP contribution in [0.4, 0.5) is 0 Å². The van der Waals surface area contributed by atoms with E-state index in [0.29, 0.717) is 11.4 Å². The number of rotatable bonds is 3. The molecule has 2 aromatic heterocycles. The van der Waals surface area contributed by atoms with Gasteiger partial charge in [-0.25, -0.2) is 4.98 Å². The summed E-state index contributed by atoms with van der Waals surface area (Å²) in [7, 11) is 0. The molecule has 0 fully saturated rings. The Bertz CT molecular complexity index is 839. The van der Waals surface area contributed by atoms with Crippen molar-refractivity contribution in [2.45, 2.75) is 13.3 Å². The van der Waals surface area contributed by atoms with E-state index in [2.05, 4.69) is 0 Å². The predicted octanol–water partition coefficient (Wildman–Crippen LogP) is 3.79. The predicted molar refractivity (Wildman–Crippen MR) is 90.9 cm³/mol. The summed E-state index contributed by atoms with van der Waals surface area (Å²) in [6.45, 7) is 1.98. The van der Waals surface area contributed by atoms with Crippen LogP contribution in [0.5, 0.6) is 0 Å². The highest BCUT2D eigenvalue weighted by molar-refractivity contribution is 7.80. The third kappa shape index (κ3) is 2.64. The highest BCUT2D eigenvalue weighted by Gasteiger charge is 2.15. The number of hydrogen-bond donors (Lipinski definition) is 1. The van der Waals surface area contributed by atoms with E-state index in [9.17, 15) is 0 Å². The number of pyridine rings is 1. The minimum Gasteiger partial charge on any atom is -0.393 e. The molecule has 0 radical (unpaired) electrons. The summed E-state index contributed by atoms with van der Waals surface area (Å²) >= 11 is 11.2. The van der Waals surface area contributed by atoms with Gasteiger partial charge in [0.2, 0.25) is 0 Å². The molecule has 2 heterocycles. The van der Waals surface area contributed by atoms with Gasteiger partial charge < -0.3 is 10.1 Å². The van der Waals surface area contributed by atoms with E-state index in [1.807, 2.05) is 53.9 Å². The van der Waals surface area contributed by atoms with Crippen molar-refractivity contribution in [3.8, 4) is 11.3 Å². The van der Waals surface area contributed by atoms with Gasteiger partial charge in [0.1, 0.15) is 5.65 Å². The molecule has 3 rings (SSSR count). The van der Waals surface area contributed by atoms with Crippen LogP contribution in [-0.2, 0) is 6.42 Å². The monoisotopic (exact) mass is 315 g/mol. The highest BCUT2D eigenvalue weighted by Crippen LogP contribution is 2.28. The van der Waals surface area contributed by atoms with Crippen LogP contribution in [0.1, 0.15) is 11.3 Å². The maximum atomic E-state index is 6.10. The lowest BCUT2D eigenvalue weighted by Crippen LogP contribution is -2.13. The van der Waals surface area contributed by atoms with Gasteiger partial charge in [-0.1, -0.05) is 36.0 Å². The van der Waals surface area contributed by atoms with Crippen molar-refractivity contribution in [3.63, 3.8) is 0 Å². The zero-order valence-electron chi connectivity index (χ0n) is 11.5. The van der Waals surface area contributed by atoms with Gasteiger partial charge in [0, 0.05) is 23.2 Å². The molecule has 0 spiro atoms. The van der Waals surface area contributed by atoms with Gasteiger partial charge in [-0.05, 0) is 36.8 Å². The van der Waals surface area contributed by atoms with Gasteiger partial charge in [0.05, 0.1) is 16.4 Å². The second-order valence-electron chi connectivity index (χ2n) is 4.94. The van der Waals surface area contributed by atoms with E-state index in [1.165, 1.54) is 0 Å². The molecule has 0 atom stereocenters. The average molecular weight is 316 g/mol. The Morgan fingerprint density at radius 3 is 2.86 bits per heavy atom. The summed E-state index contributed by atoms with van der Waals surface area (Å²) in [4.78, 5) is 5.16. The Morgan fingerprint density at radius 2 is 2.14 bits per heavy atom. The number of halogens is 1. The van der Waals surface area contributed by atoms with Crippen molar-refractivity contribution in [2.24, 2.45) is 5.73 Å². The van der Waals surface area contributed by atoms with Crippen LogP contribution in [0.15, 0.2) is 42.6 Å². The SMILES string of the molecule is Cc1cc(-c2nc3ccccn3c2CC(N)=S)ccc1Cl. The molecule has 21 heavy (non-hydrogen) atoms. The van der Waals surface area contributed by atoms with Crippen molar-refractivity contribution in [1.82, 2.24) is 9.38 Å². The standard InChI is InChI=1S/C16H14ClN3S/c1-10-8-11(5-6-12(10)17)16-13(9-14(18)21)20-7-3-2-4-15(20)19-16/h2-8H,9H2,1H3,(H2,18,21). The van der Waals surface area contributed by atoms with Crippen molar-refractivity contribution < 1.29 is 0 Å². The summed E-state index contributed by atoms with van der Waals surface area (Å²) in [5.74, 6) is 0. The maximum Gasteiger partial charge on any atom is 0.137 e. The molecule has 3 nitrogen and oxygen atoms in total. The molecule has 0 saturated heterocycles. The van der Waals surface area contributed by atoms with Gasteiger partial charge in [-0.2, -0.15) is 0 Å². The zero-order valence-corrected chi connectivity index (χ0v) is 13.1. The minimum atomic E-state index is 0.451. The van der Waals surface area contributed by atoms with Crippen molar-refractivity contribution in [2.75, 3.05) is 0 Å². The zero-order chi connectivity index (χ0) is 15.0. The summed E-state index contributed by atoms with van der Waals surface area (Å²) in [5, 5.41) is 0.749. The molecular formula is C16H14ClN3S. The molecule has 0 saturated carbocycles. The lowest BCUT2D eigenvalue weighted by molar-refractivity contribution is 1.07. The van der Waals surface area contributed by atoms with Gasteiger partial charge in [-0.15, -0.1) is 0 Å². The molecule has 1 aromatic carbocycles. The van der Waals surface area contributed by atoms with Gasteiger partial charge in [0.25, 0.3) is 0 Å². The van der Waals surface area contributed by atoms with E-state index in [0.717, 1.165) is 33.2 Å². The summed E-state index contributed by atoms with van der Waals surface area (Å²) in [6, 6.07) is 11.8. The molecule has 0 aliphatic carbocycles. The lowest BCUT2D eigenvalue weighted by Gasteiger charge is -2.06. The Balaban J connectivity index is 2.25. The quantitative estimate of drug-likeness (QED) is 0.748. The number of nitrogens with zero attached hydrogens (tertiary/aromatic N) is 2. The van der Waals surface area contributed by atoms with E-state index < -0.39 is 0 Å². The number of thiocarbonyl (C=S) groups is 1. The van der Waals surface area contributed by atoms with Gasteiger partial charge in [0.15, 0.2) is 0 Å². The maximum absolute atomic E-state index is 6.10. The van der Waals surface area contributed by atoms with E-state index in [1.54, 1.807) is 0 Å². The molecule has 3 aromatic rings. The van der Waals surface area contributed by atoms with Crippen molar-refractivity contribution >= 4 is 34.5 Å². The fourth-order valence-electron chi connectivity index (χ4n) is 2.40. The number of aryl methyl sites for hydroxylation is 1. The molecular weight excluding hydrogens is 302 g/mol. The molecule has 0 amide bonds. The first kappa shape index (κ1) is 14.0. The van der Waals surface area contributed by atoms with Crippen molar-refractivity contribution in [3.05, 3.63) is 58.9 Å². The fourth-order valence-corrected chi connectivity index (χ4v) is 2.66. The van der Waals surface area contributed by atoms with Gasteiger partial charge >= 0.3 is 0 Å². The second kappa shape index (κ2) is 5.47. The van der Waals surface area contributed by atoms with E-state index in [4.69, 9.17) is 34.5 Å². The smallest absolute Gasteiger partial charge is 0.137 e. The Morgan fingerprint density at radius 1 is 1.33 bits per heavy atom. The topological polar surface area (TPSA) is 43.3 Å². The number of hydrogen-bond acceptors (Lipinski definition) is 2. The normalized spacial score (nSPS) is 11.0. The molecule has 0 unspecified atom stereocenters. The Labute approximate surface area is 133 Å². The Hall–Kier alpha value is -1.91. The van der Waals surface area contributed by atoms with Crippen LogP contribution in [0, 0.1) is 6.92 Å². The fraction of sp³-hybridized carbons (Fsp3) is 0.125. The van der Waals surface area contributed by atoms with Crippen LogP contribution in [0.2, 0.25) is 5.02 Å². The number of aromatic nitrogens is 2. The first-order valence-electron chi connectivity index (χ1n) is 6.57. The van der Waals surface area contributed by atoms with Crippen LogP contribution < -0.4 is 5.73 Å². The Kier molecular flexibility index (Phi) is 3.66. The van der Waals surface area contributed by atoms with Crippen LogP contribution in [0.3, 0.4) is 0 Å². The number of fused-ring (bicyclic) bond motifs is 1. The third-order valence-corrected chi connectivity index (χ3v) is 3.97.